The lowest BCUT2D eigenvalue weighted by molar-refractivity contribution is -0.138. The highest BCUT2D eigenvalue weighted by molar-refractivity contribution is 6.20. The highest BCUT2D eigenvalue weighted by Gasteiger charge is 2.36. The molecule has 1 aliphatic rings. The van der Waals surface area contributed by atoms with Gasteiger partial charge in [-0.15, -0.1) is 0 Å². The van der Waals surface area contributed by atoms with Crippen molar-refractivity contribution in [1.29, 1.82) is 0 Å². The number of carbonyl (C=O) groups is 2. The first-order chi connectivity index (χ1) is 16.7. The summed E-state index contributed by atoms with van der Waals surface area (Å²) in [5, 5.41) is 2.57. The molecule has 8 heteroatoms. The topological polar surface area (TPSA) is 61.8 Å². The molecular weight excluding hydrogens is 455 g/mol. The molecule has 0 radical (unpaired) electrons. The zero-order valence-corrected chi connectivity index (χ0v) is 19.2. The summed E-state index contributed by atoms with van der Waals surface area (Å²) in [6.45, 7) is 3.70. The van der Waals surface area contributed by atoms with E-state index in [-0.39, 0.29) is 11.6 Å². The summed E-state index contributed by atoms with van der Waals surface area (Å²) < 4.78 is 40.2. The number of para-hydroxylation sites is 1. The van der Waals surface area contributed by atoms with Crippen molar-refractivity contribution in [2.75, 3.05) is 4.90 Å². The van der Waals surface area contributed by atoms with E-state index < -0.39 is 36.1 Å². The predicted molar refractivity (Wildman–Crippen MR) is 128 cm³/mol. The number of rotatable bonds is 5. The van der Waals surface area contributed by atoms with E-state index in [1.54, 1.807) is 4.90 Å². The van der Waals surface area contributed by atoms with E-state index in [0.717, 1.165) is 17.2 Å². The Kier molecular flexibility index (Phi) is 6.73. The highest BCUT2D eigenvalue weighted by Crippen LogP contribution is 2.32. The lowest BCUT2D eigenvalue weighted by Gasteiger charge is -2.29. The summed E-state index contributed by atoms with van der Waals surface area (Å²) in [7, 11) is 0. The van der Waals surface area contributed by atoms with Crippen LogP contribution in [-0.2, 0) is 22.2 Å². The molecule has 1 heterocycles. The Morgan fingerprint density at radius 2 is 1.60 bits per heavy atom. The van der Waals surface area contributed by atoms with Crippen LogP contribution in [0.2, 0.25) is 0 Å². The number of alkyl halides is 3. The summed E-state index contributed by atoms with van der Waals surface area (Å²) in [5.41, 5.74) is 1.58. The van der Waals surface area contributed by atoms with Crippen LogP contribution in [0, 0.1) is 0 Å². The van der Waals surface area contributed by atoms with Gasteiger partial charge in [-0.05, 0) is 31.5 Å². The lowest BCUT2D eigenvalue weighted by Crippen LogP contribution is -2.50. The Balaban J connectivity index is 1.73. The molecule has 0 unspecified atom stereocenters. The van der Waals surface area contributed by atoms with E-state index >= 15 is 0 Å². The Hall–Kier alpha value is -3.94. The lowest BCUT2D eigenvalue weighted by atomic mass is 10.00. The van der Waals surface area contributed by atoms with Crippen molar-refractivity contribution in [3.63, 3.8) is 0 Å². The fourth-order valence-electron chi connectivity index (χ4n) is 4.17. The van der Waals surface area contributed by atoms with E-state index in [1.165, 1.54) is 18.2 Å². The second kappa shape index (κ2) is 9.74. The maximum Gasteiger partial charge on any atom is 0.416 e. The fourth-order valence-corrected chi connectivity index (χ4v) is 4.17. The predicted octanol–water partition coefficient (Wildman–Crippen LogP) is 4.98. The average molecular weight is 480 g/mol. The summed E-state index contributed by atoms with van der Waals surface area (Å²) >= 11 is 0. The number of amides is 2. The van der Waals surface area contributed by atoms with Gasteiger partial charge in [-0.25, -0.2) is 4.99 Å². The molecule has 0 bridgehead atoms. The number of nitrogens with one attached hydrogen (secondary N) is 1. The summed E-state index contributed by atoms with van der Waals surface area (Å²) in [4.78, 5) is 32.6. The van der Waals surface area contributed by atoms with Gasteiger partial charge in [-0.1, -0.05) is 66.7 Å². The van der Waals surface area contributed by atoms with Crippen molar-refractivity contribution in [3.05, 3.63) is 101 Å². The zero-order chi connectivity index (χ0) is 25.2. The molecular formula is C27H24F3N3O2. The standard InChI is InChI=1S/C27H24F3N3O2/c1-17(2)33-22-15-9-7-13-20(22)24(18-10-4-3-5-11-18)32-25(26(33)35)31-23(34)16-19-12-6-8-14-21(19)27(28,29)30/h3-15,17,25H,16H2,1-2H3,(H,31,34)/t25-/m1/s1. The quantitative estimate of drug-likeness (QED) is 0.561. The maximum absolute atomic E-state index is 13.6. The van der Waals surface area contributed by atoms with E-state index in [0.29, 0.717) is 11.4 Å². The summed E-state index contributed by atoms with van der Waals surface area (Å²) in [6, 6.07) is 21.2. The number of carbonyl (C=O) groups excluding carboxylic acids is 2. The van der Waals surface area contributed by atoms with Gasteiger partial charge in [0.1, 0.15) is 0 Å². The first kappa shape index (κ1) is 24.2. The van der Waals surface area contributed by atoms with E-state index in [9.17, 15) is 22.8 Å². The minimum Gasteiger partial charge on any atom is -0.326 e. The molecule has 180 valence electrons. The van der Waals surface area contributed by atoms with E-state index in [1.807, 2.05) is 68.4 Å². The van der Waals surface area contributed by atoms with Gasteiger partial charge < -0.3 is 10.2 Å². The molecule has 5 nitrogen and oxygen atoms in total. The maximum atomic E-state index is 13.6. The molecule has 3 aromatic rings. The van der Waals surface area contributed by atoms with Crippen molar-refractivity contribution in [2.45, 2.75) is 38.7 Å². The number of benzene rings is 3. The van der Waals surface area contributed by atoms with Crippen LogP contribution < -0.4 is 10.2 Å². The van der Waals surface area contributed by atoms with Crippen LogP contribution in [0.3, 0.4) is 0 Å². The SMILES string of the molecule is CC(C)N1C(=O)[C@H](NC(=O)Cc2ccccc2C(F)(F)F)N=C(c2ccccc2)c2ccccc21. The Morgan fingerprint density at radius 1 is 0.971 bits per heavy atom. The number of benzodiazepines with no additional fused rings is 1. The molecule has 35 heavy (non-hydrogen) atoms. The van der Waals surface area contributed by atoms with Crippen LogP contribution in [-0.4, -0.2) is 29.7 Å². The van der Waals surface area contributed by atoms with Gasteiger partial charge in [0.2, 0.25) is 12.1 Å². The number of hydrogen-bond donors (Lipinski definition) is 1. The van der Waals surface area contributed by atoms with Crippen LogP contribution in [0.15, 0.2) is 83.9 Å². The largest absolute Gasteiger partial charge is 0.416 e. The molecule has 0 saturated carbocycles. The number of hydrogen-bond acceptors (Lipinski definition) is 3. The Labute approximate surface area is 201 Å². The Morgan fingerprint density at radius 3 is 2.29 bits per heavy atom. The van der Waals surface area contributed by atoms with Crippen molar-refractivity contribution in [3.8, 4) is 0 Å². The first-order valence-electron chi connectivity index (χ1n) is 11.2. The molecule has 1 N–H and O–H groups in total. The van der Waals surface area contributed by atoms with Gasteiger partial charge in [0.05, 0.1) is 23.4 Å². The summed E-state index contributed by atoms with van der Waals surface area (Å²) in [6.07, 6.45) is -6.43. The number of aliphatic imine (C=N–C) groups is 1. The molecule has 0 saturated heterocycles. The van der Waals surface area contributed by atoms with Gasteiger partial charge in [-0.2, -0.15) is 13.2 Å². The van der Waals surface area contributed by atoms with Gasteiger partial charge in [0.25, 0.3) is 5.91 Å². The molecule has 1 aliphatic heterocycles. The normalized spacial score (nSPS) is 15.9. The highest BCUT2D eigenvalue weighted by atomic mass is 19.4. The molecule has 0 aliphatic carbocycles. The molecule has 0 fully saturated rings. The van der Waals surface area contributed by atoms with Crippen molar-refractivity contribution in [2.24, 2.45) is 4.99 Å². The molecule has 0 aromatic heterocycles. The first-order valence-corrected chi connectivity index (χ1v) is 11.2. The monoisotopic (exact) mass is 479 g/mol. The third-order valence-electron chi connectivity index (χ3n) is 5.68. The third kappa shape index (κ3) is 5.11. The number of fused-ring (bicyclic) bond motifs is 1. The third-order valence-corrected chi connectivity index (χ3v) is 5.68. The minimum absolute atomic E-state index is 0.171. The number of halogens is 3. The van der Waals surface area contributed by atoms with Crippen molar-refractivity contribution < 1.29 is 22.8 Å². The van der Waals surface area contributed by atoms with Crippen molar-refractivity contribution >= 4 is 23.2 Å². The zero-order valence-electron chi connectivity index (χ0n) is 19.2. The smallest absolute Gasteiger partial charge is 0.326 e. The molecule has 0 spiro atoms. The molecule has 4 rings (SSSR count). The number of anilines is 1. The van der Waals surface area contributed by atoms with Gasteiger partial charge in [0, 0.05) is 17.2 Å². The average Bonchev–Trinajstić information content (AvgIpc) is 2.94. The molecule has 2 amide bonds. The van der Waals surface area contributed by atoms with Crippen molar-refractivity contribution in [1.82, 2.24) is 5.32 Å². The van der Waals surface area contributed by atoms with Crippen LogP contribution in [0.1, 0.15) is 36.1 Å². The minimum atomic E-state index is -4.59. The van der Waals surface area contributed by atoms with Crippen LogP contribution >= 0.6 is 0 Å². The van der Waals surface area contributed by atoms with Crippen LogP contribution in [0.25, 0.3) is 0 Å². The second-order valence-corrected chi connectivity index (χ2v) is 8.46. The van der Waals surface area contributed by atoms with E-state index in [4.69, 9.17) is 0 Å². The van der Waals surface area contributed by atoms with Gasteiger partial charge >= 0.3 is 6.18 Å². The second-order valence-electron chi connectivity index (χ2n) is 8.46. The summed E-state index contributed by atoms with van der Waals surface area (Å²) in [5.74, 6) is -1.19. The van der Waals surface area contributed by atoms with Crippen LogP contribution in [0.5, 0.6) is 0 Å². The van der Waals surface area contributed by atoms with E-state index in [2.05, 4.69) is 10.3 Å². The fraction of sp³-hybridized carbons (Fsp3) is 0.222. The van der Waals surface area contributed by atoms with Gasteiger partial charge in [-0.3, -0.25) is 9.59 Å². The number of nitrogens with zero attached hydrogens (tertiary/aromatic N) is 2. The molecule has 1 atom stereocenters. The molecule has 3 aromatic carbocycles. The van der Waals surface area contributed by atoms with Gasteiger partial charge in [0.15, 0.2) is 0 Å². The van der Waals surface area contributed by atoms with Crippen LogP contribution in [0.4, 0.5) is 18.9 Å². The Bertz CT molecular complexity index is 1270.